The van der Waals surface area contributed by atoms with Gasteiger partial charge in [-0.15, -0.1) is 21.5 Å². The number of benzene rings is 2. The first-order valence-electron chi connectivity index (χ1n) is 20.5. The summed E-state index contributed by atoms with van der Waals surface area (Å²) in [5.74, 6) is -0.413. The predicted octanol–water partition coefficient (Wildman–Crippen LogP) is 5.59. The first-order valence-corrected chi connectivity index (χ1v) is 21.4. The van der Waals surface area contributed by atoms with Gasteiger partial charge in [0.05, 0.1) is 27.9 Å². The van der Waals surface area contributed by atoms with Crippen LogP contribution in [0, 0.1) is 6.92 Å². The van der Waals surface area contributed by atoms with Crippen LogP contribution in [-0.4, -0.2) is 102 Å². The number of H-pyrrole nitrogens is 1. The Balaban J connectivity index is 0.744. The van der Waals surface area contributed by atoms with Crippen molar-refractivity contribution >= 4 is 46.0 Å². The number of amides is 4. The molecule has 2 saturated heterocycles. The molecule has 310 valence electrons. The number of fused-ring (bicyclic) bond motifs is 1. The number of aryl methyl sites for hydroxylation is 1. The lowest BCUT2D eigenvalue weighted by Gasteiger charge is -2.39. The van der Waals surface area contributed by atoms with Crippen LogP contribution < -0.4 is 10.6 Å². The Bertz CT molecular complexity index is 2270. The zero-order chi connectivity index (χ0) is 41.5. The number of nitrogens with zero attached hydrogens (tertiary/aromatic N) is 5. The van der Waals surface area contributed by atoms with Crippen molar-refractivity contribution in [3.8, 4) is 27.4 Å². The fourth-order valence-corrected chi connectivity index (χ4v) is 8.70. The number of aromatic nitrogens is 4. The number of phenolic OH excluding ortho intramolecular Hbond substituents is 1. The van der Waals surface area contributed by atoms with Gasteiger partial charge in [-0.1, -0.05) is 62.1 Å². The maximum Gasteiger partial charge on any atom is 0.245 e. The molecule has 2 aliphatic heterocycles. The first kappa shape index (κ1) is 41.5. The molecule has 5 N–H and O–H groups in total. The molecule has 5 aromatic rings. The average molecular weight is 821 g/mol. The third-order valence-electron chi connectivity index (χ3n) is 11.3. The van der Waals surface area contributed by atoms with Crippen molar-refractivity contribution in [2.75, 3.05) is 19.6 Å². The molecule has 2 aromatic carbocycles. The summed E-state index contributed by atoms with van der Waals surface area (Å²) >= 11 is 1.58. The molecule has 2 aliphatic rings. The summed E-state index contributed by atoms with van der Waals surface area (Å²) in [4.78, 5) is 64.0. The maximum atomic E-state index is 13.3. The first-order chi connectivity index (χ1) is 28.5. The van der Waals surface area contributed by atoms with Crippen LogP contribution in [0.4, 0.5) is 0 Å². The van der Waals surface area contributed by atoms with Crippen molar-refractivity contribution in [3.63, 3.8) is 0 Å². The van der Waals surface area contributed by atoms with E-state index in [0.717, 1.165) is 64.9 Å². The number of thiazole rings is 1. The van der Waals surface area contributed by atoms with Gasteiger partial charge in [0, 0.05) is 68.0 Å². The third-order valence-corrected chi connectivity index (χ3v) is 12.3. The van der Waals surface area contributed by atoms with Gasteiger partial charge in [0.2, 0.25) is 23.6 Å². The van der Waals surface area contributed by atoms with Crippen LogP contribution >= 0.6 is 11.3 Å². The van der Waals surface area contributed by atoms with Gasteiger partial charge in [-0.3, -0.25) is 19.2 Å². The van der Waals surface area contributed by atoms with E-state index in [-0.39, 0.29) is 48.9 Å². The number of nitrogens with one attached hydrogen (secondary N) is 3. The average Bonchev–Trinajstić information content (AvgIpc) is 3.95. The number of hydrogen-bond acceptors (Lipinski definition) is 10. The van der Waals surface area contributed by atoms with Gasteiger partial charge in [0.25, 0.3) is 0 Å². The van der Waals surface area contributed by atoms with Crippen molar-refractivity contribution in [1.82, 2.24) is 40.6 Å². The van der Waals surface area contributed by atoms with Crippen molar-refractivity contribution < 1.29 is 29.4 Å². The number of β-amino-alcohol motifs (C(OH)–C–C–N with tert-alkyl or cyclic N) is 1. The normalized spacial score (nSPS) is 17.2. The molecule has 15 heteroatoms. The number of carbonyl (C=O) groups excluding carboxylic acids is 4. The molecular formula is C44H52N8O6S. The summed E-state index contributed by atoms with van der Waals surface area (Å²) in [7, 11) is 0. The Morgan fingerprint density at radius 1 is 0.932 bits per heavy atom. The fraction of sp³-hybridized carbons (Fsp3) is 0.432. The molecule has 3 aromatic heterocycles. The zero-order valence-corrected chi connectivity index (χ0v) is 34.3. The van der Waals surface area contributed by atoms with Gasteiger partial charge < -0.3 is 35.6 Å². The highest BCUT2D eigenvalue weighted by Crippen LogP contribution is 2.32. The molecule has 59 heavy (non-hydrogen) atoms. The van der Waals surface area contributed by atoms with Gasteiger partial charge in [0.15, 0.2) is 5.65 Å². The number of unbranched alkanes of at least 4 members (excludes halogenated alkanes) is 5. The zero-order valence-electron chi connectivity index (χ0n) is 33.5. The molecule has 14 nitrogen and oxygen atoms in total. The SMILES string of the molecule is Cc1ncsc1-c1ccc(CNC(=O)[C@@H]2C[C@@H](O)CN2C(=O)[C@H](C)NC(=O)CCCCCCCCC(=O)N2CC(c3cc4cc(-c5ccccc5O)nnc4[nH]3)C2)cc1. The Morgan fingerprint density at radius 3 is 2.39 bits per heavy atom. The Kier molecular flexibility index (Phi) is 13.3. The highest BCUT2D eigenvalue weighted by molar-refractivity contribution is 7.13. The highest BCUT2D eigenvalue weighted by Gasteiger charge is 2.40. The largest absolute Gasteiger partial charge is 0.507 e. The van der Waals surface area contributed by atoms with Gasteiger partial charge in [-0.25, -0.2) is 4.98 Å². The predicted molar refractivity (Wildman–Crippen MR) is 225 cm³/mol. The summed E-state index contributed by atoms with van der Waals surface area (Å²) < 4.78 is 0. The number of aliphatic hydroxyl groups is 1. The van der Waals surface area contributed by atoms with E-state index in [1.54, 1.807) is 36.5 Å². The lowest BCUT2D eigenvalue weighted by atomic mass is 9.95. The van der Waals surface area contributed by atoms with Crippen molar-refractivity contribution in [2.45, 2.75) is 102 Å². The van der Waals surface area contributed by atoms with E-state index in [1.807, 2.05) is 53.7 Å². The number of para-hydroxylation sites is 1. The molecule has 2 fully saturated rings. The van der Waals surface area contributed by atoms with Crippen LogP contribution in [0.2, 0.25) is 0 Å². The molecule has 0 radical (unpaired) electrons. The van der Waals surface area contributed by atoms with Crippen LogP contribution in [0.3, 0.4) is 0 Å². The van der Waals surface area contributed by atoms with E-state index in [1.165, 1.54) is 4.90 Å². The van der Waals surface area contributed by atoms with Crippen LogP contribution in [0.25, 0.3) is 32.7 Å². The topological polar surface area (TPSA) is 194 Å². The summed E-state index contributed by atoms with van der Waals surface area (Å²) in [5.41, 5.74) is 7.71. The molecule has 5 heterocycles. The second kappa shape index (κ2) is 18.9. The van der Waals surface area contributed by atoms with Crippen molar-refractivity contribution in [2.24, 2.45) is 0 Å². The summed E-state index contributed by atoms with van der Waals surface area (Å²) in [6.45, 7) is 5.24. The van der Waals surface area contributed by atoms with Crippen LogP contribution in [0.5, 0.6) is 5.75 Å². The number of aliphatic hydroxyl groups excluding tert-OH is 1. The molecule has 0 aliphatic carbocycles. The van der Waals surface area contributed by atoms with Gasteiger partial charge in [-0.2, -0.15) is 0 Å². The molecule has 0 saturated carbocycles. The number of rotatable bonds is 17. The molecule has 0 bridgehead atoms. The second-order valence-electron chi connectivity index (χ2n) is 15.8. The molecule has 0 unspecified atom stereocenters. The highest BCUT2D eigenvalue weighted by atomic mass is 32.1. The number of hydrogen-bond donors (Lipinski definition) is 5. The molecule has 7 rings (SSSR count). The lowest BCUT2D eigenvalue weighted by molar-refractivity contribution is -0.141. The lowest BCUT2D eigenvalue weighted by Crippen LogP contribution is -2.52. The number of aromatic amines is 1. The summed E-state index contributed by atoms with van der Waals surface area (Å²) in [5, 5.41) is 35.7. The fourth-order valence-electron chi connectivity index (χ4n) is 7.89. The smallest absolute Gasteiger partial charge is 0.245 e. The summed E-state index contributed by atoms with van der Waals surface area (Å²) in [6, 6.07) is 17.3. The van der Waals surface area contributed by atoms with E-state index in [0.29, 0.717) is 49.3 Å². The van der Waals surface area contributed by atoms with Gasteiger partial charge in [-0.05, 0) is 62.1 Å². The standard InChI is InChI=1S/C44H52N8O6S/c1-27-41(59-26-46-27)30-17-15-29(16-18-30)22-45-43(57)37-21-33(53)25-52(37)44(58)28(2)47-39(55)13-7-5-3-4-6-8-14-40(56)51-23-32(24-51)35-19-31-20-36(49-50-42(31)48-35)34-11-9-10-12-38(34)54/h9-12,15-20,26,28,32-33,37,53-54H,3-8,13-14,21-25H2,1-2H3,(H,45,57)(H,47,55)(H,48,50)/t28-,33+,37-/m0/s1. The number of phenols is 1. The molecular weight excluding hydrogens is 769 g/mol. The monoisotopic (exact) mass is 820 g/mol. The Labute approximate surface area is 347 Å². The minimum absolute atomic E-state index is 0.0373. The second-order valence-corrected chi connectivity index (χ2v) is 16.6. The summed E-state index contributed by atoms with van der Waals surface area (Å²) in [6.07, 6.45) is 5.38. The van der Waals surface area contributed by atoms with E-state index < -0.39 is 24.1 Å². The number of aromatic hydroxyl groups is 1. The van der Waals surface area contributed by atoms with Crippen LogP contribution in [0.15, 0.2) is 66.2 Å². The number of likely N-dealkylation sites (tertiary alicyclic amines) is 2. The molecule has 4 amide bonds. The Morgan fingerprint density at radius 2 is 1.66 bits per heavy atom. The van der Waals surface area contributed by atoms with Crippen molar-refractivity contribution in [1.29, 1.82) is 0 Å². The van der Waals surface area contributed by atoms with E-state index in [9.17, 15) is 29.4 Å². The van der Waals surface area contributed by atoms with E-state index in [2.05, 4.69) is 36.9 Å². The number of carbonyl (C=O) groups is 4. The minimum atomic E-state index is -0.828. The quantitative estimate of drug-likeness (QED) is 0.0744. The van der Waals surface area contributed by atoms with Gasteiger partial charge in [0.1, 0.15) is 17.8 Å². The van der Waals surface area contributed by atoms with Crippen LogP contribution in [0.1, 0.15) is 87.6 Å². The van der Waals surface area contributed by atoms with Crippen molar-refractivity contribution in [3.05, 3.63) is 83.1 Å². The van der Waals surface area contributed by atoms with Gasteiger partial charge >= 0.3 is 0 Å². The third kappa shape index (κ3) is 10.1. The van der Waals surface area contributed by atoms with E-state index >= 15 is 0 Å². The van der Waals surface area contributed by atoms with E-state index in [4.69, 9.17) is 0 Å². The minimum Gasteiger partial charge on any atom is -0.507 e. The molecule has 0 spiro atoms. The maximum absolute atomic E-state index is 13.3. The molecule has 3 atom stereocenters. The Hall–Kier alpha value is -5.67. The van der Waals surface area contributed by atoms with Crippen LogP contribution in [-0.2, 0) is 25.7 Å².